The fraction of sp³-hybridized carbons (Fsp3) is 0.250. The van der Waals surface area contributed by atoms with Crippen molar-refractivity contribution in [3.8, 4) is 0 Å². The summed E-state index contributed by atoms with van der Waals surface area (Å²) in [6.07, 6.45) is -1.21. The van der Waals surface area contributed by atoms with Gasteiger partial charge in [-0.15, -0.1) is 0 Å². The molecular formula is C8H9FN2O3. The lowest BCUT2D eigenvalue weighted by Crippen LogP contribution is -2.13. The Bertz CT molecular complexity index is 356. The number of nitrogens with zero attached hydrogens (tertiary/aromatic N) is 1. The van der Waals surface area contributed by atoms with Crippen molar-refractivity contribution in [2.75, 3.05) is 6.54 Å². The predicted molar refractivity (Wildman–Crippen MR) is 47.1 cm³/mol. The van der Waals surface area contributed by atoms with Gasteiger partial charge in [-0.1, -0.05) is 12.1 Å². The molecule has 0 unspecified atom stereocenters. The fourth-order valence-corrected chi connectivity index (χ4v) is 1.06. The van der Waals surface area contributed by atoms with Crippen LogP contribution in [0, 0.1) is 15.9 Å². The van der Waals surface area contributed by atoms with E-state index in [1.165, 1.54) is 12.1 Å². The molecule has 1 rings (SSSR count). The average molecular weight is 200 g/mol. The van der Waals surface area contributed by atoms with Gasteiger partial charge < -0.3 is 10.8 Å². The van der Waals surface area contributed by atoms with Crippen LogP contribution in [0.5, 0.6) is 0 Å². The number of nitro benzene ring substituents is 1. The molecule has 5 nitrogen and oxygen atoms in total. The zero-order valence-electron chi connectivity index (χ0n) is 7.18. The number of aliphatic hydroxyl groups excluding tert-OH is 1. The lowest BCUT2D eigenvalue weighted by Gasteiger charge is -2.08. The number of hydrogen-bond acceptors (Lipinski definition) is 4. The van der Waals surface area contributed by atoms with E-state index in [0.717, 1.165) is 6.07 Å². The highest BCUT2D eigenvalue weighted by Crippen LogP contribution is 2.24. The van der Waals surface area contributed by atoms with Crippen LogP contribution >= 0.6 is 0 Å². The smallest absolute Gasteiger partial charge is 0.305 e. The largest absolute Gasteiger partial charge is 0.387 e. The van der Waals surface area contributed by atoms with E-state index < -0.39 is 22.5 Å². The van der Waals surface area contributed by atoms with Crippen molar-refractivity contribution >= 4 is 5.69 Å². The number of rotatable bonds is 3. The van der Waals surface area contributed by atoms with Crippen LogP contribution in [-0.4, -0.2) is 16.6 Å². The van der Waals surface area contributed by atoms with Crippen molar-refractivity contribution in [2.45, 2.75) is 6.10 Å². The molecule has 0 radical (unpaired) electrons. The second kappa shape index (κ2) is 4.12. The van der Waals surface area contributed by atoms with E-state index in [0.29, 0.717) is 0 Å². The third-order valence-corrected chi connectivity index (χ3v) is 1.79. The lowest BCUT2D eigenvalue weighted by atomic mass is 10.1. The van der Waals surface area contributed by atoms with E-state index in [4.69, 9.17) is 5.73 Å². The van der Waals surface area contributed by atoms with E-state index in [9.17, 15) is 19.6 Å². The molecule has 0 heterocycles. The molecule has 0 amide bonds. The maximum absolute atomic E-state index is 13.3. The zero-order chi connectivity index (χ0) is 10.7. The van der Waals surface area contributed by atoms with E-state index in [2.05, 4.69) is 0 Å². The van der Waals surface area contributed by atoms with Gasteiger partial charge >= 0.3 is 5.69 Å². The number of aliphatic hydroxyl groups is 1. The molecule has 1 atom stereocenters. The first-order chi connectivity index (χ1) is 6.57. The standard InChI is InChI=1S/C8H9FN2O3/c9-8-5(7(12)4-10)2-1-3-6(8)11(13)14/h1-3,7,12H,4,10H2/t7-/m1/s1. The summed E-state index contributed by atoms with van der Waals surface area (Å²) in [5, 5.41) is 19.6. The van der Waals surface area contributed by atoms with Crippen LogP contribution in [0.15, 0.2) is 18.2 Å². The Morgan fingerprint density at radius 3 is 2.79 bits per heavy atom. The number of nitro groups is 1. The van der Waals surface area contributed by atoms with Crippen LogP contribution in [0.2, 0.25) is 0 Å². The molecule has 0 fully saturated rings. The molecule has 0 aliphatic heterocycles. The third kappa shape index (κ3) is 1.86. The molecule has 0 aromatic heterocycles. The normalized spacial score (nSPS) is 12.5. The van der Waals surface area contributed by atoms with Gasteiger partial charge in [-0.2, -0.15) is 4.39 Å². The van der Waals surface area contributed by atoms with Crippen molar-refractivity contribution in [2.24, 2.45) is 5.73 Å². The van der Waals surface area contributed by atoms with Crippen LogP contribution in [0.3, 0.4) is 0 Å². The van der Waals surface area contributed by atoms with Crippen molar-refractivity contribution in [1.82, 2.24) is 0 Å². The van der Waals surface area contributed by atoms with Gasteiger partial charge in [-0.05, 0) is 0 Å². The average Bonchev–Trinajstić information content (AvgIpc) is 2.16. The number of halogens is 1. The maximum Gasteiger partial charge on any atom is 0.305 e. The number of nitrogens with two attached hydrogens (primary N) is 1. The molecule has 0 bridgehead atoms. The molecule has 0 spiro atoms. The van der Waals surface area contributed by atoms with Crippen molar-refractivity contribution in [1.29, 1.82) is 0 Å². The molecule has 0 aliphatic rings. The molecule has 0 aliphatic carbocycles. The van der Waals surface area contributed by atoms with Gasteiger partial charge in [0.1, 0.15) is 0 Å². The van der Waals surface area contributed by atoms with E-state index in [1.807, 2.05) is 0 Å². The molecule has 1 aromatic rings. The SMILES string of the molecule is NC[C@@H](O)c1cccc([N+](=O)[O-])c1F. The van der Waals surface area contributed by atoms with Crippen molar-refractivity contribution in [3.05, 3.63) is 39.7 Å². The summed E-state index contributed by atoms with van der Waals surface area (Å²) in [4.78, 5) is 9.49. The minimum absolute atomic E-state index is 0.151. The van der Waals surface area contributed by atoms with Crippen molar-refractivity contribution < 1.29 is 14.4 Å². The highest BCUT2D eigenvalue weighted by atomic mass is 19.1. The first kappa shape index (κ1) is 10.6. The maximum atomic E-state index is 13.3. The van der Waals surface area contributed by atoms with Gasteiger partial charge in [0.2, 0.25) is 5.82 Å². The number of hydrogen-bond donors (Lipinski definition) is 2. The Morgan fingerprint density at radius 1 is 1.64 bits per heavy atom. The predicted octanol–water partition coefficient (Wildman–Crippen LogP) is 0.726. The Morgan fingerprint density at radius 2 is 2.29 bits per heavy atom. The molecule has 0 saturated heterocycles. The highest BCUT2D eigenvalue weighted by molar-refractivity contribution is 5.37. The first-order valence-corrected chi connectivity index (χ1v) is 3.89. The van der Waals surface area contributed by atoms with Gasteiger partial charge in [-0.25, -0.2) is 0 Å². The Balaban J connectivity index is 3.20. The summed E-state index contributed by atoms with van der Waals surface area (Å²) in [5.74, 6) is -1.03. The highest BCUT2D eigenvalue weighted by Gasteiger charge is 2.20. The van der Waals surface area contributed by atoms with Crippen LogP contribution in [0.25, 0.3) is 0 Å². The summed E-state index contributed by atoms with van der Waals surface area (Å²) in [7, 11) is 0. The van der Waals surface area contributed by atoms with Gasteiger partial charge in [0.25, 0.3) is 0 Å². The quantitative estimate of drug-likeness (QED) is 0.555. The molecule has 14 heavy (non-hydrogen) atoms. The van der Waals surface area contributed by atoms with Gasteiger partial charge in [-0.3, -0.25) is 10.1 Å². The lowest BCUT2D eigenvalue weighted by molar-refractivity contribution is -0.387. The Hall–Kier alpha value is -1.53. The van der Waals surface area contributed by atoms with Gasteiger partial charge in [0.05, 0.1) is 11.0 Å². The topological polar surface area (TPSA) is 89.4 Å². The van der Waals surface area contributed by atoms with Gasteiger partial charge in [0.15, 0.2) is 0 Å². The summed E-state index contributed by atoms with van der Waals surface area (Å²) in [6.45, 7) is -0.182. The Kier molecular flexibility index (Phi) is 3.10. The summed E-state index contributed by atoms with van der Waals surface area (Å²) in [6, 6.07) is 3.59. The minimum atomic E-state index is -1.21. The molecule has 6 heteroatoms. The zero-order valence-corrected chi connectivity index (χ0v) is 7.18. The molecule has 1 aromatic carbocycles. The molecular weight excluding hydrogens is 191 g/mol. The summed E-state index contributed by atoms with van der Waals surface area (Å²) >= 11 is 0. The summed E-state index contributed by atoms with van der Waals surface area (Å²) < 4.78 is 13.3. The van der Waals surface area contributed by atoms with Crippen LogP contribution in [-0.2, 0) is 0 Å². The molecule has 76 valence electrons. The first-order valence-electron chi connectivity index (χ1n) is 3.89. The molecule has 0 saturated carbocycles. The Labute approximate surface area is 79.1 Å². The van der Waals surface area contributed by atoms with Crippen LogP contribution in [0.1, 0.15) is 11.7 Å². The second-order valence-corrected chi connectivity index (χ2v) is 2.69. The van der Waals surface area contributed by atoms with Crippen LogP contribution in [0.4, 0.5) is 10.1 Å². The summed E-state index contributed by atoms with van der Waals surface area (Å²) in [5.41, 5.74) is 4.30. The van der Waals surface area contributed by atoms with E-state index >= 15 is 0 Å². The van der Waals surface area contributed by atoms with Crippen LogP contribution < -0.4 is 5.73 Å². The monoisotopic (exact) mass is 200 g/mol. The van der Waals surface area contributed by atoms with E-state index in [1.54, 1.807) is 0 Å². The van der Waals surface area contributed by atoms with Crippen molar-refractivity contribution in [3.63, 3.8) is 0 Å². The van der Waals surface area contributed by atoms with E-state index in [-0.39, 0.29) is 12.1 Å². The third-order valence-electron chi connectivity index (χ3n) is 1.79. The fourth-order valence-electron chi connectivity index (χ4n) is 1.06. The minimum Gasteiger partial charge on any atom is -0.387 e. The number of benzene rings is 1. The van der Waals surface area contributed by atoms with Gasteiger partial charge in [0, 0.05) is 18.2 Å². The second-order valence-electron chi connectivity index (χ2n) is 2.69. The molecule has 3 N–H and O–H groups in total.